The van der Waals surface area contributed by atoms with Gasteiger partial charge in [-0.3, -0.25) is 4.79 Å². The molecular weight excluding hydrogens is 166 g/mol. The molecule has 0 aromatic rings. The van der Waals surface area contributed by atoms with Gasteiger partial charge < -0.3 is 10.5 Å². The van der Waals surface area contributed by atoms with Gasteiger partial charge in [0.1, 0.15) is 6.04 Å². The van der Waals surface area contributed by atoms with Gasteiger partial charge in [-0.05, 0) is 19.8 Å². The minimum atomic E-state index is -0.516. The predicted octanol–water partition coefficient (Wildman–Crippen LogP) is 1.70. The highest BCUT2D eigenvalue weighted by molar-refractivity contribution is 5.74. The lowest BCUT2D eigenvalue weighted by Crippen LogP contribution is -2.32. The first-order chi connectivity index (χ1) is 5.95. The van der Waals surface area contributed by atoms with Gasteiger partial charge in [0.15, 0.2) is 0 Å². The quantitative estimate of drug-likeness (QED) is 0.666. The van der Waals surface area contributed by atoms with Crippen molar-refractivity contribution in [2.24, 2.45) is 11.1 Å². The first-order valence-corrected chi connectivity index (χ1v) is 4.87. The topological polar surface area (TPSA) is 52.3 Å². The van der Waals surface area contributed by atoms with Gasteiger partial charge >= 0.3 is 5.97 Å². The van der Waals surface area contributed by atoms with E-state index in [0.717, 1.165) is 12.8 Å². The molecule has 78 valence electrons. The maximum absolute atomic E-state index is 11.1. The molecule has 0 aliphatic carbocycles. The summed E-state index contributed by atoms with van der Waals surface area (Å²) in [6.45, 7) is 8.42. The van der Waals surface area contributed by atoms with Crippen LogP contribution in [0.3, 0.4) is 0 Å². The van der Waals surface area contributed by atoms with Crippen molar-refractivity contribution in [1.82, 2.24) is 0 Å². The van der Waals surface area contributed by atoms with Crippen molar-refractivity contribution >= 4 is 5.97 Å². The third-order valence-electron chi connectivity index (χ3n) is 2.64. The molecule has 1 atom stereocenters. The van der Waals surface area contributed by atoms with Crippen LogP contribution in [-0.2, 0) is 9.53 Å². The Labute approximate surface area is 80.6 Å². The number of carbonyl (C=O) groups excluding carboxylic acids is 1. The number of nitrogens with two attached hydrogens (primary N) is 1. The van der Waals surface area contributed by atoms with Gasteiger partial charge in [-0.25, -0.2) is 0 Å². The Hall–Kier alpha value is -0.570. The van der Waals surface area contributed by atoms with Crippen LogP contribution in [-0.4, -0.2) is 18.6 Å². The van der Waals surface area contributed by atoms with Gasteiger partial charge in [0.25, 0.3) is 0 Å². The summed E-state index contributed by atoms with van der Waals surface area (Å²) < 4.78 is 5.09. The van der Waals surface area contributed by atoms with Crippen LogP contribution in [0.5, 0.6) is 0 Å². The van der Waals surface area contributed by atoms with E-state index in [2.05, 4.69) is 20.8 Å². The fraction of sp³-hybridized carbons (Fsp3) is 0.900. The molecule has 0 saturated carbocycles. The molecule has 0 aliphatic heterocycles. The van der Waals surface area contributed by atoms with Gasteiger partial charge in [-0.1, -0.05) is 20.8 Å². The fourth-order valence-electron chi connectivity index (χ4n) is 0.831. The molecule has 0 amide bonds. The zero-order valence-corrected chi connectivity index (χ0v) is 9.09. The SMILES string of the molecule is CCC(C)(CC)COC(=O)C(C)N. The molecule has 0 aromatic carbocycles. The van der Waals surface area contributed by atoms with Crippen molar-refractivity contribution in [3.63, 3.8) is 0 Å². The first kappa shape index (κ1) is 12.4. The van der Waals surface area contributed by atoms with Crippen molar-refractivity contribution in [3.05, 3.63) is 0 Å². The summed E-state index contributed by atoms with van der Waals surface area (Å²) in [6, 6.07) is -0.516. The Kier molecular flexibility index (Phi) is 4.99. The number of rotatable bonds is 5. The van der Waals surface area contributed by atoms with E-state index in [1.54, 1.807) is 6.92 Å². The van der Waals surface area contributed by atoms with Crippen LogP contribution in [0, 0.1) is 5.41 Å². The van der Waals surface area contributed by atoms with Gasteiger partial charge in [0.05, 0.1) is 6.61 Å². The number of hydrogen-bond acceptors (Lipinski definition) is 3. The third kappa shape index (κ3) is 4.27. The van der Waals surface area contributed by atoms with E-state index in [9.17, 15) is 4.79 Å². The Morgan fingerprint density at radius 1 is 1.46 bits per heavy atom. The second kappa shape index (κ2) is 5.22. The standard InChI is InChI=1S/C10H21NO2/c1-5-10(4,6-2)7-13-9(12)8(3)11/h8H,5-7,11H2,1-4H3. The average Bonchev–Trinajstić information content (AvgIpc) is 2.13. The summed E-state index contributed by atoms with van der Waals surface area (Å²) in [7, 11) is 0. The van der Waals surface area contributed by atoms with E-state index in [0.29, 0.717) is 6.61 Å². The highest BCUT2D eigenvalue weighted by atomic mass is 16.5. The van der Waals surface area contributed by atoms with Crippen LogP contribution in [0.25, 0.3) is 0 Å². The highest BCUT2D eigenvalue weighted by Gasteiger charge is 2.22. The summed E-state index contributed by atoms with van der Waals surface area (Å²) in [5.41, 5.74) is 5.48. The van der Waals surface area contributed by atoms with Crippen LogP contribution in [0.2, 0.25) is 0 Å². The molecule has 0 saturated heterocycles. The van der Waals surface area contributed by atoms with Gasteiger partial charge in [-0.2, -0.15) is 0 Å². The maximum Gasteiger partial charge on any atom is 0.322 e. The number of esters is 1. The zero-order chi connectivity index (χ0) is 10.5. The lowest BCUT2D eigenvalue weighted by molar-refractivity contribution is -0.148. The number of hydrogen-bond donors (Lipinski definition) is 1. The average molecular weight is 187 g/mol. The molecule has 0 aromatic heterocycles. The van der Waals surface area contributed by atoms with E-state index >= 15 is 0 Å². The Balaban J connectivity index is 3.92. The molecule has 0 radical (unpaired) electrons. The molecule has 3 heteroatoms. The molecule has 2 N–H and O–H groups in total. The molecule has 0 bridgehead atoms. The lowest BCUT2D eigenvalue weighted by atomic mass is 9.86. The molecule has 0 aliphatic rings. The second-order valence-corrected chi connectivity index (χ2v) is 3.91. The van der Waals surface area contributed by atoms with Crippen LogP contribution >= 0.6 is 0 Å². The number of carbonyl (C=O) groups is 1. The van der Waals surface area contributed by atoms with Gasteiger partial charge in [0.2, 0.25) is 0 Å². The second-order valence-electron chi connectivity index (χ2n) is 3.91. The van der Waals surface area contributed by atoms with E-state index in [1.165, 1.54) is 0 Å². The van der Waals surface area contributed by atoms with Gasteiger partial charge in [-0.15, -0.1) is 0 Å². The molecule has 13 heavy (non-hydrogen) atoms. The molecule has 0 rings (SSSR count). The monoisotopic (exact) mass is 187 g/mol. The minimum Gasteiger partial charge on any atom is -0.464 e. The van der Waals surface area contributed by atoms with Crippen molar-refractivity contribution in [1.29, 1.82) is 0 Å². The van der Waals surface area contributed by atoms with Crippen LogP contribution in [0.15, 0.2) is 0 Å². The molecular formula is C10H21NO2. The molecule has 0 fully saturated rings. The summed E-state index contributed by atoms with van der Waals surface area (Å²) in [6.07, 6.45) is 2.02. The molecule has 1 unspecified atom stereocenters. The van der Waals surface area contributed by atoms with E-state index in [4.69, 9.17) is 10.5 Å². The van der Waals surface area contributed by atoms with Crippen LogP contribution in [0.1, 0.15) is 40.5 Å². The summed E-state index contributed by atoms with van der Waals surface area (Å²) in [4.78, 5) is 11.1. The minimum absolute atomic E-state index is 0.102. The van der Waals surface area contributed by atoms with Crippen molar-refractivity contribution in [2.45, 2.75) is 46.6 Å². The van der Waals surface area contributed by atoms with E-state index in [-0.39, 0.29) is 11.4 Å². The lowest BCUT2D eigenvalue weighted by Gasteiger charge is -2.26. The predicted molar refractivity (Wildman–Crippen MR) is 53.3 cm³/mol. The molecule has 0 spiro atoms. The summed E-state index contributed by atoms with van der Waals surface area (Å²) >= 11 is 0. The number of ether oxygens (including phenoxy) is 1. The fourth-order valence-corrected chi connectivity index (χ4v) is 0.831. The largest absolute Gasteiger partial charge is 0.464 e. The summed E-state index contributed by atoms with van der Waals surface area (Å²) in [5, 5.41) is 0. The van der Waals surface area contributed by atoms with Crippen LogP contribution in [0.4, 0.5) is 0 Å². The smallest absolute Gasteiger partial charge is 0.322 e. The first-order valence-electron chi connectivity index (χ1n) is 4.87. The maximum atomic E-state index is 11.1. The van der Waals surface area contributed by atoms with E-state index < -0.39 is 6.04 Å². The Morgan fingerprint density at radius 3 is 2.23 bits per heavy atom. The van der Waals surface area contributed by atoms with Crippen molar-refractivity contribution < 1.29 is 9.53 Å². The highest BCUT2D eigenvalue weighted by Crippen LogP contribution is 2.25. The van der Waals surface area contributed by atoms with Crippen molar-refractivity contribution in [2.75, 3.05) is 6.61 Å². The normalized spacial score (nSPS) is 13.9. The summed E-state index contributed by atoms with van der Waals surface area (Å²) in [5.74, 6) is -0.312. The third-order valence-corrected chi connectivity index (χ3v) is 2.64. The Bertz CT molecular complexity index is 162. The molecule has 3 nitrogen and oxygen atoms in total. The van der Waals surface area contributed by atoms with Gasteiger partial charge in [0, 0.05) is 5.41 Å². The Morgan fingerprint density at radius 2 is 1.92 bits per heavy atom. The van der Waals surface area contributed by atoms with Crippen molar-refractivity contribution in [3.8, 4) is 0 Å². The van der Waals surface area contributed by atoms with Crippen LogP contribution < -0.4 is 5.73 Å². The van der Waals surface area contributed by atoms with E-state index in [1.807, 2.05) is 0 Å². The molecule has 0 heterocycles. The zero-order valence-electron chi connectivity index (χ0n) is 9.09.